The Hall–Kier alpha value is -1.84. The van der Waals surface area contributed by atoms with Gasteiger partial charge in [-0.15, -0.1) is 0 Å². The quantitative estimate of drug-likeness (QED) is 0.742. The lowest BCUT2D eigenvalue weighted by atomic mass is 10.1. The van der Waals surface area contributed by atoms with Crippen molar-refractivity contribution in [1.29, 1.82) is 0 Å². The summed E-state index contributed by atoms with van der Waals surface area (Å²) in [7, 11) is 0. The van der Waals surface area contributed by atoms with Crippen LogP contribution in [-0.2, 0) is 4.79 Å². The predicted molar refractivity (Wildman–Crippen MR) is 77.2 cm³/mol. The molecule has 0 radical (unpaired) electrons. The number of rotatable bonds is 7. The normalized spacial score (nSPS) is 10.0. The van der Waals surface area contributed by atoms with Crippen LogP contribution in [0.15, 0.2) is 24.3 Å². The molecule has 0 bridgehead atoms. The summed E-state index contributed by atoms with van der Waals surface area (Å²) in [6, 6.07) is 7.03. The second-order valence-corrected chi connectivity index (χ2v) is 4.54. The molecule has 2 N–H and O–H groups in total. The van der Waals surface area contributed by atoms with Crippen molar-refractivity contribution in [2.45, 2.75) is 39.5 Å². The lowest BCUT2D eigenvalue weighted by Crippen LogP contribution is -2.25. The molecule has 0 aromatic heterocycles. The summed E-state index contributed by atoms with van der Waals surface area (Å²) in [5.41, 5.74) is 1.06. The van der Waals surface area contributed by atoms with Gasteiger partial charge in [0.2, 0.25) is 5.91 Å². The first-order valence-electron chi connectivity index (χ1n) is 6.80. The van der Waals surface area contributed by atoms with Gasteiger partial charge in [-0.2, -0.15) is 0 Å². The molecule has 0 spiro atoms. The molecule has 1 aromatic carbocycles. The zero-order chi connectivity index (χ0) is 14.1. The van der Waals surface area contributed by atoms with Crippen molar-refractivity contribution in [3.05, 3.63) is 29.8 Å². The van der Waals surface area contributed by atoms with Crippen LogP contribution < -0.4 is 10.6 Å². The Balaban J connectivity index is 2.54. The smallest absolute Gasteiger partial charge is 0.253 e. The van der Waals surface area contributed by atoms with Crippen molar-refractivity contribution in [1.82, 2.24) is 5.32 Å². The molecule has 4 nitrogen and oxygen atoms in total. The monoisotopic (exact) mass is 262 g/mol. The molecule has 1 aromatic rings. The Labute approximate surface area is 114 Å². The Morgan fingerprint density at radius 3 is 2.53 bits per heavy atom. The largest absolute Gasteiger partial charge is 0.352 e. The molecule has 104 valence electrons. The average Bonchev–Trinajstić information content (AvgIpc) is 2.38. The highest BCUT2D eigenvalue weighted by Crippen LogP contribution is 2.14. The fraction of sp³-hybridized carbons (Fsp3) is 0.467. The van der Waals surface area contributed by atoms with E-state index in [2.05, 4.69) is 17.6 Å². The number of hydrogen-bond acceptors (Lipinski definition) is 2. The minimum Gasteiger partial charge on any atom is -0.352 e. The van der Waals surface area contributed by atoms with Crippen molar-refractivity contribution in [2.75, 3.05) is 11.9 Å². The van der Waals surface area contributed by atoms with E-state index in [-0.39, 0.29) is 11.8 Å². The summed E-state index contributed by atoms with van der Waals surface area (Å²) in [5.74, 6) is -0.316. The van der Waals surface area contributed by atoms with Gasteiger partial charge in [0.25, 0.3) is 5.91 Å². The van der Waals surface area contributed by atoms with E-state index in [1.165, 1.54) is 19.8 Å². The third-order valence-corrected chi connectivity index (χ3v) is 2.80. The highest BCUT2D eigenvalue weighted by Gasteiger charge is 2.10. The van der Waals surface area contributed by atoms with Gasteiger partial charge in [0.1, 0.15) is 0 Å². The molecule has 0 atom stereocenters. The fourth-order valence-electron chi connectivity index (χ4n) is 1.83. The van der Waals surface area contributed by atoms with Crippen LogP contribution in [0.25, 0.3) is 0 Å². The first-order chi connectivity index (χ1) is 9.15. The van der Waals surface area contributed by atoms with Crippen molar-refractivity contribution < 1.29 is 9.59 Å². The fourth-order valence-corrected chi connectivity index (χ4v) is 1.83. The van der Waals surface area contributed by atoms with Crippen LogP contribution in [0.5, 0.6) is 0 Å². The third kappa shape index (κ3) is 5.55. The molecule has 2 amide bonds. The van der Waals surface area contributed by atoms with Crippen molar-refractivity contribution >= 4 is 17.5 Å². The SMILES string of the molecule is CCCCCCNC(=O)c1ccccc1NC(C)=O. The van der Waals surface area contributed by atoms with E-state index >= 15 is 0 Å². The lowest BCUT2D eigenvalue weighted by molar-refractivity contribution is -0.114. The second kappa shape index (κ2) is 8.29. The van der Waals surface area contributed by atoms with Crippen LogP contribution in [0.2, 0.25) is 0 Å². The number of anilines is 1. The topological polar surface area (TPSA) is 58.2 Å². The van der Waals surface area contributed by atoms with Crippen LogP contribution >= 0.6 is 0 Å². The zero-order valence-electron chi connectivity index (χ0n) is 11.7. The molecule has 0 aliphatic rings. The highest BCUT2D eigenvalue weighted by molar-refractivity contribution is 6.03. The minimum atomic E-state index is -0.178. The van der Waals surface area contributed by atoms with E-state index in [9.17, 15) is 9.59 Å². The van der Waals surface area contributed by atoms with Gasteiger partial charge in [-0.25, -0.2) is 0 Å². The summed E-state index contributed by atoms with van der Waals surface area (Å²) in [6.45, 7) is 4.26. The van der Waals surface area contributed by atoms with E-state index < -0.39 is 0 Å². The van der Waals surface area contributed by atoms with Crippen LogP contribution in [0.4, 0.5) is 5.69 Å². The van der Waals surface area contributed by atoms with Crippen LogP contribution in [0, 0.1) is 0 Å². The van der Waals surface area contributed by atoms with Crippen molar-refractivity contribution in [3.63, 3.8) is 0 Å². The molecular weight excluding hydrogens is 240 g/mol. The van der Waals surface area contributed by atoms with Gasteiger partial charge in [0.05, 0.1) is 11.3 Å². The number of hydrogen-bond donors (Lipinski definition) is 2. The summed E-state index contributed by atoms with van der Waals surface area (Å²) >= 11 is 0. The van der Waals surface area contributed by atoms with Gasteiger partial charge >= 0.3 is 0 Å². The van der Waals surface area contributed by atoms with Gasteiger partial charge < -0.3 is 10.6 Å². The third-order valence-electron chi connectivity index (χ3n) is 2.80. The van der Waals surface area contributed by atoms with Gasteiger partial charge in [-0.1, -0.05) is 38.3 Å². The summed E-state index contributed by atoms with van der Waals surface area (Å²) in [5, 5.41) is 5.55. The maximum absolute atomic E-state index is 12.0. The van der Waals surface area contributed by atoms with Gasteiger partial charge in [-0.05, 0) is 18.6 Å². The van der Waals surface area contributed by atoms with Crippen LogP contribution in [0.1, 0.15) is 49.9 Å². The van der Waals surface area contributed by atoms with E-state index in [1.807, 2.05) is 0 Å². The molecule has 0 aliphatic carbocycles. The van der Waals surface area contributed by atoms with Crippen LogP contribution in [-0.4, -0.2) is 18.4 Å². The second-order valence-electron chi connectivity index (χ2n) is 4.54. The number of para-hydroxylation sites is 1. The van der Waals surface area contributed by atoms with E-state index in [0.717, 1.165) is 12.8 Å². The Morgan fingerprint density at radius 2 is 1.84 bits per heavy atom. The molecular formula is C15H22N2O2. The maximum atomic E-state index is 12.0. The summed E-state index contributed by atoms with van der Waals surface area (Å²) in [6.07, 6.45) is 4.49. The summed E-state index contributed by atoms with van der Waals surface area (Å²) in [4.78, 5) is 23.1. The lowest BCUT2D eigenvalue weighted by Gasteiger charge is -2.10. The number of benzene rings is 1. The highest BCUT2D eigenvalue weighted by atomic mass is 16.2. The van der Waals surface area contributed by atoms with E-state index in [0.29, 0.717) is 17.8 Å². The molecule has 4 heteroatoms. The number of carbonyl (C=O) groups is 2. The number of unbranched alkanes of at least 4 members (excludes halogenated alkanes) is 3. The van der Waals surface area contributed by atoms with Crippen molar-refractivity contribution in [2.24, 2.45) is 0 Å². The molecule has 0 aliphatic heterocycles. The Morgan fingerprint density at radius 1 is 1.11 bits per heavy atom. The van der Waals surface area contributed by atoms with Crippen LogP contribution in [0.3, 0.4) is 0 Å². The predicted octanol–water partition coefficient (Wildman–Crippen LogP) is 2.96. The zero-order valence-corrected chi connectivity index (χ0v) is 11.7. The van der Waals surface area contributed by atoms with Crippen molar-refractivity contribution in [3.8, 4) is 0 Å². The Bertz CT molecular complexity index is 430. The molecule has 0 saturated carbocycles. The maximum Gasteiger partial charge on any atom is 0.253 e. The number of amides is 2. The molecule has 0 saturated heterocycles. The van der Waals surface area contributed by atoms with E-state index in [4.69, 9.17) is 0 Å². The minimum absolute atomic E-state index is 0.138. The molecule has 1 rings (SSSR count). The molecule has 0 unspecified atom stereocenters. The van der Waals surface area contributed by atoms with Gasteiger partial charge in [-0.3, -0.25) is 9.59 Å². The number of carbonyl (C=O) groups excluding carboxylic acids is 2. The van der Waals surface area contributed by atoms with Gasteiger partial charge in [0.15, 0.2) is 0 Å². The van der Waals surface area contributed by atoms with E-state index in [1.54, 1.807) is 24.3 Å². The standard InChI is InChI=1S/C15H22N2O2/c1-3-4-5-8-11-16-15(19)13-9-6-7-10-14(13)17-12(2)18/h6-7,9-10H,3-5,8,11H2,1-2H3,(H,16,19)(H,17,18). The average molecular weight is 262 g/mol. The first-order valence-corrected chi connectivity index (χ1v) is 6.80. The molecule has 0 fully saturated rings. The Kier molecular flexibility index (Phi) is 6.64. The number of nitrogens with one attached hydrogen (secondary N) is 2. The first kappa shape index (κ1) is 15.2. The molecule has 0 heterocycles. The van der Waals surface area contributed by atoms with Gasteiger partial charge in [0, 0.05) is 13.5 Å². The summed E-state index contributed by atoms with van der Waals surface area (Å²) < 4.78 is 0. The molecule has 19 heavy (non-hydrogen) atoms.